The SMILES string of the molecule is COc1ccc(N[C@@H]2COC[C@H]2O)c(C)c1. The van der Waals surface area contributed by atoms with Gasteiger partial charge in [-0.15, -0.1) is 0 Å². The topological polar surface area (TPSA) is 50.7 Å². The summed E-state index contributed by atoms with van der Waals surface area (Å²) in [5.41, 5.74) is 2.11. The number of hydrogen-bond donors (Lipinski definition) is 2. The minimum atomic E-state index is -0.429. The molecule has 0 aliphatic carbocycles. The summed E-state index contributed by atoms with van der Waals surface area (Å²) >= 11 is 0. The number of rotatable bonds is 3. The minimum absolute atomic E-state index is 0.0212. The average Bonchev–Trinajstić information content (AvgIpc) is 2.67. The lowest BCUT2D eigenvalue weighted by molar-refractivity contribution is 0.125. The van der Waals surface area contributed by atoms with E-state index in [0.717, 1.165) is 17.0 Å². The molecule has 1 aromatic carbocycles. The monoisotopic (exact) mass is 223 g/mol. The van der Waals surface area contributed by atoms with Gasteiger partial charge in [0.25, 0.3) is 0 Å². The molecular formula is C12H17NO3. The fourth-order valence-electron chi connectivity index (χ4n) is 1.81. The Morgan fingerprint density at radius 1 is 1.44 bits per heavy atom. The fourth-order valence-corrected chi connectivity index (χ4v) is 1.81. The van der Waals surface area contributed by atoms with Crippen LogP contribution >= 0.6 is 0 Å². The smallest absolute Gasteiger partial charge is 0.119 e. The van der Waals surface area contributed by atoms with Crippen LogP contribution in [0.5, 0.6) is 5.75 Å². The zero-order valence-electron chi connectivity index (χ0n) is 9.56. The van der Waals surface area contributed by atoms with E-state index in [1.54, 1.807) is 7.11 Å². The van der Waals surface area contributed by atoms with Gasteiger partial charge in [0.15, 0.2) is 0 Å². The molecule has 1 aliphatic heterocycles. The summed E-state index contributed by atoms with van der Waals surface area (Å²) in [5, 5.41) is 12.9. The van der Waals surface area contributed by atoms with Crippen LogP contribution in [0.25, 0.3) is 0 Å². The van der Waals surface area contributed by atoms with E-state index >= 15 is 0 Å². The first-order valence-corrected chi connectivity index (χ1v) is 5.37. The maximum atomic E-state index is 9.63. The number of methoxy groups -OCH3 is 1. The van der Waals surface area contributed by atoms with Crippen molar-refractivity contribution < 1.29 is 14.6 Å². The third-order valence-electron chi connectivity index (χ3n) is 2.82. The Labute approximate surface area is 95.2 Å². The van der Waals surface area contributed by atoms with Gasteiger partial charge >= 0.3 is 0 Å². The summed E-state index contributed by atoms with van der Waals surface area (Å²) in [4.78, 5) is 0. The molecule has 4 heteroatoms. The summed E-state index contributed by atoms with van der Waals surface area (Å²) < 4.78 is 10.3. The third-order valence-corrected chi connectivity index (χ3v) is 2.82. The normalized spacial score (nSPS) is 24.4. The summed E-state index contributed by atoms with van der Waals surface area (Å²) in [5.74, 6) is 0.839. The molecular weight excluding hydrogens is 206 g/mol. The predicted octanol–water partition coefficient (Wildman–Crippen LogP) is 1.18. The van der Waals surface area contributed by atoms with Crippen molar-refractivity contribution in [3.8, 4) is 5.75 Å². The van der Waals surface area contributed by atoms with Crippen LogP contribution in [0.1, 0.15) is 5.56 Å². The van der Waals surface area contributed by atoms with E-state index in [2.05, 4.69) is 5.32 Å². The fraction of sp³-hybridized carbons (Fsp3) is 0.500. The number of hydrogen-bond acceptors (Lipinski definition) is 4. The molecule has 0 saturated carbocycles. The first-order valence-electron chi connectivity index (χ1n) is 5.37. The maximum Gasteiger partial charge on any atom is 0.119 e. The second-order valence-corrected chi connectivity index (χ2v) is 4.04. The molecule has 16 heavy (non-hydrogen) atoms. The lowest BCUT2D eigenvalue weighted by atomic mass is 10.1. The van der Waals surface area contributed by atoms with Crippen LogP contribution in [0, 0.1) is 6.92 Å². The number of nitrogens with one attached hydrogen (secondary N) is 1. The standard InChI is InChI=1S/C12H17NO3/c1-8-5-9(15-2)3-4-10(8)13-11-6-16-7-12(11)14/h3-5,11-14H,6-7H2,1-2H3/t11-,12-/m1/s1. The Hall–Kier alpha value is -1.26. The Balaban J connectivity index is 2.09. The van der Waals surface area contributed by atoms with Crippen molar-refractivity contribution in [2.75, 3.05) is 25.6 Å². The zero-order valence-corrected chi connectivity index (χ0v) is 9.56. The van der Waals surface area contributed by atoms with Crippen LogP contribution in [0.15, 0.2) is 18.2 Å². The van der Waals surface area contributed by atoms with Gasteiger partial charge in [0.05, 0.1) is 32.5 Å². The number of benzene rings is 1. The molecule has 88 valence electrons. The Morgan fingerprint density at radius 3 is 2.81 bits per heavy atom. The van der Waals surface area contributed by atoms with Gasteiger partial charge in [0.1, 0.15) is 5.75 Å². The molecule has 1 aromatic rings. The molecule has 2 rings (SSSR count). The first kappa shape index (κ1) is 11.2. The highest BCUT2D eigenvalue weighted by Crippen LogP contribution is 2.23. The van der Waals surface area contributed by atoms with E-state index in [9.17, 15) is 5.11 Å². The van der Waals surface area contributed by atoms with Gasteiger partial charge < -0.3 is 19.9 Å². The summed E-state index contributed by atoms with van der Waals surface area (Å²) in [6.07, 6.45) is -0.429. The van der Waals surface area contributed by atoms with Crippen LogP contribution in [-0.4, -0.2) is 37.6 Å². The van der Waals surface area contributed by atoms with Gasteiger partial charge in [-0.05, 0) is 30.7 Å². The van der Waals surface area contributed by atoms with Crippen molar-refractivity contribution in [1.29, 1.82) is 0 Å². The number of aliphatic hydroxyl groups excluding tert-OH is 1. The van der Waals surface area contributed by atoms with E-state index in [1.807, 2.05) is 25.1 Å². The van der Waals surface area contributed by atoms with E-state index in [-0.39, 0.29) is 6.04 Å². The molecule has 1 fully saturated rings. The lowest BCUT2D eigenvalue weighted by Gasteiger charge is -2.18. The van der Waals surface area contributed by atoms with Crippen molar-refractivity contribution in [2.45, 2.75) is 19.1 Å². The van der Waals surface area contributed by atoms with Crippen LogP contribution in [-0.2, 0) is 4.74 Å². The number of aryl methyl sites for hydroxylation is 1. The van der Waals surface area contributed by atoms with Crippen molar-refractivity contribution in [3.05, 3.63) is 23.8 Å². The van der Waals surface area contributed by atoms with E-state index in [0.29, 0.717) is 13.2 Å². The zero-order chi connectivity index (χ0) is 11.5. The van der Waals surface area contributed by atoms with Crippen molar-refractivity contribution >= 4 is 5.69 Å². The molecule has 0 spiro atoms. The quantitative estimate of drug-likeness (QED) is 0.807. The molecule has 1 aliphatic rings. The Morgan fingerprint density at radius 2 is 2.25 bits per heavy atom. The van der Waals surface area contributed by atoms with E-state index in [1.165, 1.54) is 0 Å². The van der Waals surface area contributed by atoms with Crippen molar-refractivity contribution in [2.24, 2.45) is 0 Å². The number of aliphatic hydroxyl groups is 1. The molecule has 2 N–H and O–H groups in total. The molecule has 0 aromatic heterocycles. The highest BCUT2D eigenvalue weighted by molar-refractivity contribution is 5.54. The first-order chi connectivity index (χ1) is 7.70. The molecule has 0 radical (unpaired) electrons. The minimum Gasteiger partial charge on any atom is -0.497 e. The Bertz CT molecular complexity index is 367. The summed E-state index contributed by atoms with van der Waals surface area (Å²) in [6.45, 7) is 2.96. The van der Waals surface area contributed by atoms with Crippen LogP contribution in [0.3, 0.4) is 0 Å². The van der Waals surface area contributed by atoms with E-state index in [4.69, 9.17) is 9.47 Å². The highest BCUT2D eigenvalue weighted by atomic mass is 16.5. The average molecular weight is 223 g/mol. The number of ether oxygens (including phenoxy) is 2. The van der Waals surface area contributed by atoms with Gasteiger partial charge in [-0.1, -0.05) is 0 Å². The van der Waals surface area contributed by atoms with Crippen molar-refractivity contribution in [1.82, 2.24) is 0 Å². The molecule has 2 atom stereocenters. The third kappa shape index (κ3) is 2.28. The van der Waals surface area contributed by atoms with Gasteiger partial charge in [-0.25, -0.2) is 0 Å². The molecule has 0 amide bonds. The summed E-state index contributed by atoms with van der Waals surface area (Å²) in [6, 6.07) is 5.80. The van der Waals surface area contributed by atoms with Crippen LogP contribution in [0.2, 0.25) is 0 Å². The van der Waals surface area contributed by atoms with Gasteiger partial charge in [-0.3, -0.25) is 0 Å². The van der Waals surface area contributed by atoms with Gasteiger partial charge in [0.2, 0.25) is 0 Å². The molecule has 0 bridgehead atoms. The number of anilines is 1. The molecule has 1 saturated heterocycles. The second kappa shape index (κ2) is 4.72. The Kier molecular flexibility index (Phi) is 3.31. The molecule has 4 nitrogen and oxygen atoms in total. The lowest BCUT2D eigenvalue weighted by Crippen LogP contribution is -2.32. The van der Waals surface area contributed by atoms with Gasteiger partial charge in [0, 0.05) is 5.69 Å². The van der Waals surface area contributed by atoms with Crippen LogP contribution < -0.4 is 10.1 Å². The molecule has 0 unspecified atom stereocenters. The van der Waals surface area contributed by atoms with Crippen LogP contribution in [0.4, 0.5) is 5.69 Å². The largest absolute Gasteiger partial charge is 0.497 e. The van der Waals surface area contributed by atoms with Gasteiger partial charge in [-0.2, -0.15) is 0 Å². The van der Waals surface area contributed by atoms with Crippen molar-refractivity contribution in [3.63, 3.8) is 0 Å². The maximum absolute atomic E-state index is 9.63. The second-order valence-electron chi connectivity index (χ2n) is 4.04. The summed E-state index contributed by atoms with van der Waals surface area (Å²) in [7, 11) is 1.65. The van der Waals surface area contributed by atoms with E-state index < -0.39 is 6.10 Å². The predicted molar refractivity (Wildman–Crippen MR) is 62.0 cm³/mol. The highest BCUT2D eigenvalue weighted by Gasteiger charge is 2.26. The molecule has 1 heterocycles.